The van der Waals surface area contributed by atoms with E-state index in [-0.39, 0.29) is 23.0 Å². The van der Waals surface area contributed by atoms with E-state index in [0.29, 0.717) is 11.3 Å². The number of sulfonamides is 1. The molecule has 0 aliphatic heterocycles. The molecule has 0 spiro atoms. The standard InChI is InChI=1S/C16H13F3N4O3S/c1-9-12(7-8-13(20-9)16(17,18)19)15-21-14(22-26-15)10-3-5-11(6-4-10)23-27(2,24)25/h3-8,23H,1-2H3. The molecule has 2 aromatic heterocycles. The fraction of sp³-hybridized carbons (Fsp3) is 0.188. The van der Waals surface area contributed by atoms with E-state index >= 15 is 0 Å². The molecule has 0 atom stereocenters. The average Bonchev–Trinajstić information content (AvgIpc) is 3.03. The molecule has 0 aliphatic carbocycles. The third kappa shape index (κ3) is 4.42. The van der Waals surface area contributed by atoms with Gasteiger partial charge < -0.3 is 4.52 Å². The van der Waals surface area contributed by atoms with E-state index < -0.39 is 21.9 Å². The first kappa shape index (κ1) is 18.8. The Kier molecular flexibility index (Phi) is 4.64. The van der Waals surface area contributed by atoms with Crippen molar-refractivity contribution < 1.29 is 26.1 Å². The SMILES string of the molecule is Cc1nc(C(F)(F)F)ccc1-c1nc(-c2ccc(NS(C)(=O)=O)cc2)no1. The molecule has 1 N–H and O–H groups in total. The second-order valence-electron chi connectivity index (χ2n) is 5.70. The smallest absolute Gasteiger partial charge is 0.334 e. The van der Waals surface area contributed by atoms with Crippen molar-refractivity contribution in [3.8, 4) is 22.8 Å². The Morgan fingerprint density at radius 1 is 1.04 bits per heavy atom. The number of benzene rings is 1. The molecule has 0 unspecified atom stereocenters. The molecule has 0 fully saturated rings. The molecule has 3 aromatic rings. The summed E-state index contributed by atoms with van der Waals surface area (Å²) in [6.07, 6.45) is -3.50. The number of rotatable bonds is 4. The monoisotopic (exact) mass is 398 g/mol. The van der Waals surface area contributed by atoms with Crippen LogP contribution >= 0.6 is 0 Å². The van der Waals surface area contributed by atoms with Crippen LogP contribution in [0.15, 0.2) is 40.9 Å². The highest BCUT2D eigenvalue weighted by Gasteiger charge is 2.33. The van der Waals surface area contributed by atoms with E-state index in [1.54, 1.807) is 12.1 Å². The first-order valence-electron chi connectivity index (χ1n) is 7.50. The number of nitrogens with zero attached hydrogens (tertiary/aromatic N) is 3. The predicted octanol–water partition coefficient (Wildman–Crippen LogP) is 3.50. The van der Waals surface area contributed by atoms with Crippen molar-refractivity contribution in [1.29, 1.82) is 0 Å². The van der Waals surface area contributed by atoms with Crippen molar-refractivity contribution in [1.82, 2.24) is 15.1 Å². The minimum Gasteiger partial charge on any atom is -0.334 e. The Labute approximate surface area is 152 Å². The van der Waals surface area contributed by atoms with E-state index in [1.807, 2.05) is 0 Å². The molecular formula is C16H13F3N4O3S. The van der Waals surface area contributed by atoms with Crippen molar-refractivity contribution in [3.05, 3.63) is 47.8 Å². The van der Waals surface area contributed by atoms with Gasteiger partial charge in [0.25, 0.3) is 5.89 Å². The van der Waals surface area contributed by atoms with Crippen molar-refractivity contribution >= 4 is 15.7 Å². The molecule has 142 valence electrons. The second kappa shape index (κ2) is 6.65. The molecule has 11 heteroatoms. The molecule has 7 nitrogen and oxygen atoms in total. The highest BCUT2D eigenvalue weighted by atomic mass is 32.2. The molecule has 3 rings (SSSR count). The van der Waals surface area contributed by atoms with Crippen LogP contribution in [0.25, 0.3) is 22.8 Å². The van der Waals surface area contributed by atoms with Gasteiger partial charge in [-0.15, -0.1) is 0 Å². The molecule has 0 radical (unpaired) electrons. The fourth-order valence-electron chi connectivity index (χ4n) is 2.30. The van der Waals surface area contributed by atoms with E-state index in [2.05, 4.69) is 19.8 Å². The third-order valence-corrected chi connectivity index (χ3v) is 4.09. The van der Waals surface area contributed by atoms with E-state index in [1.165, 1.54) is 25.1 Å². The number of hydrogen-bond acceptors (Lipinski definition) is 6. The van der Waals surface area contributed by atoms with E-state index in [4.69, 9.17) is 4.52 Å². The van der Waals surface area contributed by atoms with Crippen LogP contribution in [-0.4, -0.2) is 29.8 Å². The highest BCUT2D eigenvalue weighted by molar-refractivity contribution is 7.92. The topological polar surface area (TPSA) is 98.0 Å². The number of hydrogen-bond donors (Lipinski definition) is 1. The molecule has 27 heavy (non-hydrogen) atoms. The first-order valence-corrected chi connectivity index (χ1v) is 9.39. The summed E-state index contributed by atoms with van der Waals surface area (Å²) < 4.78 is 68.0. The minimum absolute atomic E-state index is 0.0297. The van der Waals surface area contributed by atoms with Gasteiger partial charge in [0.2, 0.25) is 15.8 Å². The third-order valence-electron chi connectivity index (χ3n) is 3.48. The summed E-state index contributed by atoms with van der Waals surface area (Å²) in [4.78, 5) is 7.70. The largest absolute Gasteiger partial charge is 0.433 e. The van der Waals surface area contributed by atoms with Gasteiger partial charge in [0, 0.05) is 11.3 Å². The molecule has 0 saturated carbocycles. The average molecular weight is 398 g/mol. The van der Waals surface area contributed by atoms with Crippen LogP contribution in [0.3, 0.4) is 0 Å². The summed E-state index contributed by atoms with van der Waals surface area (Å²) in [6, 6.07) is 8.29. The molecule has 0 saturated heterocycles. The lowest BCUT2D eigenvalue weighted by Crippen LogP contribution is -2.09. The Morgan fingerprint density at radius 2 is 1.70 bits per heavy atom. The van der Waals surface area contributed by atoms with Crippen molar-refractivity contribution in [2.45, 2.75) is 13.1 Å². The first-order chi connectivity index (χ1) is 12.5. The van der Waals surface area contributed by atoms with Gasteiger partial charge in [-0.2, -0.15) is 18.2 Å². The lowest BCUT2D eigenvalue weighted by Gasteiger charge is -2.07. The zero-order valence-electron chi connectivity index (χ0n) is 14.1. The maximum Gasteiger partial charge on any atom is 0.433 e. The van der Waals surface area contributed by atoms with Gasteiger partial charge in [0.05, 0.1) is 17.5 Å². The normalized spacial score (nSPS) is 12.2. The number of alkyl halides is 3. The molecule has 1 aromatic carbocycles. The number of aromatic nitrogens is 3. The van der Waals surface area contributed by atoms with Gasteiger partial charge in [-0.25, -0.2) is 13.4 Å². The zero-order valence-corrected chi connectivity index (χ0v) is 14.9. The van der Waals surface area contributed by atoms with E-state index in [0.717, 1.165) is 12.3 Å². The van der Waals surface area contributed by atoms with Gasteiger partial charge in [-0.1, -0.05) is 5.16 Å². The van der Waals surface area contributed by atoms with Gasteiger partial charge in [-0.05, 0) is 43.3 Å². The molecular weight excluding hydrogens is 385 g/mol. The second-order valence-corrected chi connectivity index (χ2v) is 7.45. The maximum absolute atomic E-state index is 12.7. The van der Waals surface area contributed by atoms with Crippen LogP contribution in [0, 0.1) is 6.92 Å². The minimum atomic E-state index is -4.54. The number of aryl methyl sites for hydroxylation is 1. The molecule has 0 amide bonds. The highest BCUT2D eigenvalue weighted by Crippen LogP contribution is 2.31. The van der Waals surface area contributed by atoms with Crippen LogP contribution in [0.2, 0.25) is 0 Å². The Bertz CT molecular complexity index is 1080. The maximum atomic E-state index is 12.7. The summed E-state index contributed by atoms with van der Waals surface area (Å²) in [5.41, 5.74) is 0.302. The van der Waals surface area contributed by atoms with Crippen molar-refractivity contribution in [2.75, 3.05) is 11.0 Å². The lowest BCUT2D eigenvalue weighted by atomic mass is 10.1. The van der Waals surface area contributed by atoms with Crippen LogP contribution in [0.1, 0.15) is 11.4 Å². The predicted molar refractivity (Wildman–Crippen MR) is 91.2 cm³/mol. The van der Waals surface area contributed by atoms with Crippen LogP contribution in [0.5, 0.6) is 0 Å². The van der Waals surface area contributed by atoms with Gasteiger partial charge in [0.15, 0.2) is 0 Å². The summed E-state index contributed by atoms with van der Waals surface area (Å²) >= 11 is 0. The van der Waals surface area contributed by atoms with Crippen LogP contribution in [0.4, 0.5) is 18.9 Å². The number of anilines is 1. The number of halogens is 3. The van der Waals surface area contributed by atoms with Gasteiger partial charge in [-0.3, -0.25) is 4.72 Å². The quantitative estimate of drug-likeness (QED) is 0.722. The number of nitrogens with one attached hydrogen (secondary N) is 1. The summed E-state index contributed by atoms with van der Waals surface area (Å²) in [6.45, 7) is 1.42. The molecule has 0 aliphatic rings. The van der Waals surface area contributed by atoms with Crippen molar-refractivity contribution in [2.24, 2.45) is 0 Å². The van der Waals surface area contributed by atoms with Crippen LogP contribution in [-0.2, 0) is 16.2 Å². The summed E-state index contributed by atoms with van der Waals surface area (Å²) in [5.74, 6) is 0.234. The van der Waals surface area contributed by atoms with E-state index in [9.17, 15) is 21.6 Å². The van der Waals surface area contributed by atoms with Crippen molar-refractivity contribution in [3.63, 3.8) is 0 Å². The van der Waals surface area contributed by atoms with Crippen LogP contribution < -0.4 is 4.72 Å². The summed E-state index contributed by atoms with van der Waals surface area (Å²) in [5, 5.41) is 3.80. The fourth-order valence-corrected chi connectivity index (χ4v) is 2.86. The Balaban J connectivity index is 1.87. The zero-order chi connectivity index (χ0) is 19.8. The molecule has 0 bridgehead atoms. The lowest BCUT2D eigenvalue weighted by molar-refractivity contribution is -0.141. The van der Waals surface area contributed by atoms with Gasteiger partial charge in [0.1, 0.15) is 5.69 Å². The number of pyridine rings is 1. The molecule has 2 heterocycles. The van der Waals surface area contributed by atoms with Gasteiger partial charge >= 0.3 is 6.18 Å². The Morgan fingerprint density at radius 3 is 2.26 bits per heavy atom. The summed E-state index contributed by atoms with van der Waals surface area (Å²) in [7, 11) is -3.39. The Hall–Kier alpha value is -2.95.